The van der Waals surface area contributed by atoms with E-state index in [1.807, 2.05) is 12.1 Å². The lowest BCUT2D eigenvalue weighted by Gasteiger charge is -2.23. The molecule has 1 atom stereocenters. The molecule has 1 aliphatic rings. The average molecular weight is 343 g/mol. The molecule has 0 fully saturated rings. The molecule has 3 rings (SSSR count). The minimum atomic E-state index is -0.328. The number of aliphatic imine (C=N–C) groups is 1. The fourth-order valence-electron chi connectivity index (χ4n) is 2.95. The summed E-state index contributed by atoms with van der Waals surface area (Å²) >= 11 is 6.06. The van der Waals surface area contributed by atoms with Gasteiger partial charge in [-0.05, 0) is 42.5 Å². The minimum absolute atomic E-state index is 0.00329. The number of halogens is 1. The Morgan fingerprint density at radius 3 is 2.75 bits per heavy atom. The molecule has 0 spiro atoms. The van der Waals surface area contributed by atoms with E-state index in [9.17, 15) is 4.79 Å². The summed E-state index contributed by atoms with van der Waals surface area (Å²) in [7, 11) is 1.50. The highest BCUT2D eigenvalue weighted by Crippen LogP contribution is 2.32. The number of ether oxygens (including phenoxy) is 1. The number of hydrogen-bond donors (Lipinski definition) is 1. The lowest BCUT2D eigenvalue weighted by atomic mass is 9.88. The van der Waals surface area contributed by atoms with Crippen LogP contribution in [0.1, 0.15) is 40.4 Å². The highest BCUT2D eigenvalue weighted by Gasteiger charge is 2.21. The maximum atomic E-state index is 12.4. The second-order valence-electron chi connectivity index (χ2n) is 5.68. The van der Waals surface area contributed by atoms with Crippen molar-refractivity contribution in [1.82, 2.24) is 5.32 Å². The summed E-state index contributed by atoms with van der Waals surface area (Å²) < 4.78 is 5.28. The molecule has 0 aliphatic heterocycles. The SMILES string of the molecule is COC(=NC1CCCc2ccccc21)NC(=O)c1ccccc1Cl. The van der Waals surface area contributed by atoms with Crippen molar-refractivity contribution >= 4 is 23.5 Å². The molecule has 0 saturated heterocycles. The van der Waals surface area contributed by atoms with Crippen LogP contribution in [0, 0.1) is 0 Å². The normalized spacial score (nSPS) is 17.1. The van der Waals surface area contributed by atoms with E-state index < -0.39 is 0 Å². The monoisotopic (exact) mass is 342 g/mol. The first kappa shape index (κ1) is 16.5. The van der Waals surface area contributed by atoms with Gasteiger partial charge in [-0.15, -0.1) is 0 Å². The Hall–Kier alpha value is -2.33. The van der Waals surface area contributed by atoms with Crippen LogP contribution in [0.5, 0.6) is 0 Å². The molecule has 2 aromatic rings. The summed E-state index contributed by atoms with van der Waals surface area (Å²) in [5.74, 6) is -0.328. The first-order chi connectivity index (χ1) is 11.7. The number of hydrogen-bond acceptors (Lipinski definition) is 3. The highest BCUT2D eigenvalue weighted by molar-refractivity contribution is 6.34. The van der Waals surface area contributed by atoms with E-state index in [2.05, 4.69) is 22.4 Å². The summed E-state index contributed by atoms with van der Waals surface area (Å²) in [5, 5.41) is 3.10. The molecule has 24 heavy (non-hydrogen) atoms. The van der Waals surface area contributed by atoms with Gasteiger partial charge < -0.3 is 4.74 Å². The summed E-state index contributed by atoms with van der Waals surface area (Å²) in [5.41, 5.74) is 2.91. The molecule has 4 nitrogen and oxygen atoms in total. The number of methoxy groups -OCH3 is 1. The molecule has 124 valence electrons. The molecular weight excluding hydrogens is 324 g/mol. The maximum absolute atomic E-state index is 12.4. The van der Waals surface area contributed by atoms with Crippen LogP contribution in [-0.2, 0) is 11.2 Å². The van der Waals surface area contributed by atoms with Crippen molar-refractivity contribution in [3.05, 3.63) is 70.2 Å². The molecule has 2 aromatic carbocycles. The molecule has 0 bridgehead atoms. The lowest BCUT2D eigenvalue weighted by molar-refractivity contribution is 0.0968. The molecular formula is C19H19ClN2O2. The van der Waals surface area contributed by atoms with E-state index in [1.54, 1.807) is 24.3 Å². The smallest absolute Gasteiger partial charge is 0.292 e. The van der Waals surface area contributed by atoms with Gasteiger partial charge in [-0.1, -0.05) is 48.0 Å². The highest BCUT2D eigenvalue weighted by atomic mass is 35.5. The Kier molecular flexibility index (Phi) is 5.16. The van der Waals surface area contributed by atoms with Crippen molar-refractivity contribution in [1.29, 1.82) is 0 Å². The number of amides is 1. The number of fused-ring (bicyclic) bond motifs is 1. The number of amidine groups is 1. The van der Waals surface area contributed by atoms with Crippen LogP contribution >= 0.6 is 11.6 Å². The Balaban J connectivity index is 1.81. The summed E-state index contributed by atoms with van der Waals surface area (Å²) in [6.07, 6.45) is 3.07. The fraction of sp³-hybridized carbons (Fsp3) is 0.263. The third-order valence-corrected chi connectivity index (χ3v) is 4.47. The molecule has 0 radical (unpaired) electrons. The van der Waals surface area contributed by atoms with Crippen LogP contribution in [-0.4, -0.2) is 19.0 Å². The Morgan fingerprint density at radius 2 is 1.96 bits per heavy atom. The maximum Gasteiger partial charge on any atom is 0.292 e. The molecule has 0 saturated carbocycles. The third kappa shape index (κ3) is 3.60. The first-order valence-corrected chi connectivity index (χ1v) is 8.32. The molecule has 1 unspecified atom stereocenters. The predicted molar refractivity (Wildman–Crippen MR) is 95.5 cm³/mol. The number of carbonyl (C=O) groups excluding carboxylic acids is 1. The van der Waals surface area contributed by atoms with Gasteiger partial charge in [0.15, 0.2) is 0 Å². The summed E-state index contributed by atoms with van der Waals surface area (Å²) in [6, 6.07) is 15.4. The lowest BCUT2D eigenvalue weighted by Crippen LogP contribution is -2.32. The van der Waals surface area contributed by atoms with Crippen molar-refractivity contribution in [2.75, 3.05) is 7.11 Å². The van der Waals surface area contributed by atoms with Gasteiger partial charge in [0, 0.05) is 0 Å². The van der Waals surface area contributed by atoms with Crippen LogP contribution in [0.25, 0.3) is 0 Å². The van der Waals surface area contributed by atoms with Gasteiger partial charge in [0.1, 0.15) is 0 Å². The zero-order chi connectivity index (χ0) is 16.9. The quantitative estimate of drug-likeness (QED) is 0.658. The van der Waals surface area contributed by atoms with E-state index in [0.717, 1.165) is 19.3 Å². The van der Waals surface area contributed by atoms with Gasteiger partial charge in [-0.3, -0.25) is 10.1 Å². The van der Waals surface area contributed by atoms with Crippen molar-refractivity contribution in [3.63, 3.8) is 0 Å². The molecule has 1 amide bonds. The molecule has 1 N–H and O–H groups in total. The Labute approximate surface area is 146 Å². The molecule has 1 aliphatic carbocycles. The van der Waals surface area contributed by atoms with E-state index in [1.165, 1.54) is 18.2 Å². The Bertz CT molecular complexity index is 773. The molecule has 5 heteroatoms. The minimum Gasteiger partial charge on any atom is -0.468 e. The van der Waals surface area contributed by atoms with Gasteiger partial charge in [0.2, 0.25) is 0 Å². The van der Waals surface area contributed by atoms with E-state index in [-0.39, 0.29) is 18.0 Å². The predicted octanol–water partition coefficient (Wildman–Crippen LogP) is 4.15. The zero-order valence-corrected chi connectivity index (χ0v) is 14.2. The topological polar surface area (TPSA) is 50.7 Å². The van der Waals surface area contributed by atoms with Gasteiger partial charge in [-0.25, -0.2) is 4.99 Å². The number of aryl methyl sites for hydroxylation is 1. The van der Waals surface area contributed by atoms with E-state index in [0.29, 0.717) is 10.6 Å². The van der Waals surface area contributed by atoms with Crippen LogP contribution in [0.3, 0.4) is 0 Å². The van der Waals surface area contributed by atoms with Crippen LogP contribution < -0.4 is 5.32 Å². The van der Waals surface area contributed by atoms with Gasteiger partial charge in [0.05, 0.1) is 23.7 Å². The van der Waals surface area contributed by atoms with Crippen molar-refractivity contribution in [2.45, 2.75) is 25.3 Å². The third-order valence-electron chi connectivity index (χ3n) is 4.14. The van der Waals surface area contributed by atoms with Crippen molar-refractivity contribution in [3.8, 4) is 0 Å². The van der Waals surface area contributed by atoms with Crippen molar-refractivity contribution < 1.29 is 9.53 Å². The number of carbonyl (C=O) groups is 1. The second kappa shape index (κ2) is 7.49. The number of benzene rings is 2. The van der Waals surface area contributed by atoms with E-state index >= 15 is 0 Å². The number of nitrogens with one attached hydrogen (secondary N) is 1. The molecule has 0 aromatic heterocycles. The molecule has 0 heterocycles. The standard InChI is InChI=1S/C19H19ClN2O2/c1-24-19(22-18(23)15-10-4-5-11-16(15)20)21-17-12-6-8-13-7-2-3-9-14(13)17/h2-5,7,9-11,17H,6,8,12H2,1H3,(H,21,22,23). The summed E-state index contributed by atoms with van der Waals surface area (Å²) in [4.78, 5) is 17.0. The first-order valence-electron chi connectivity index (χ1n) is 7.94. The van der Waals surface area contributed by atoms with Gasteiger partial charge >= 0.3 is 0 Å². The zero-order valence-electron chi connectivity index (χ0n) is 13.5. The van der Waals surface area contributed by atoms with Crippen molar-refractivity contribution in [2.24, 2.45) is 4.99 Å². The van der Waals surface area contributed by atoms with Crippen LogP contribution in [0.4, 0.5) is 0 Å². The second-order valence-corrected chi connectivity index (χ2v) is 6.09. The summed E-state index contributed by atoms with van der Waals surface area (Å²) in [6.45, 7) is 0. The van der Waals surface area contributed by atoms with Crippen LogP contribution in [0.15, 0.2) is 53.5 Å². The van der Waals surface area contributed by atoms with Gasteiger partial charge in [-0.2, -0.15) is 0 Å². The fourth-order valence-corrected chi connectivity index (χ4v) is 3.17. The van der Waals surface area contributed by atoms with Gasteiger partial charge in [0.25, 0.3) is 11.9 Å². The largest absolute Gasteiger partial charge is 0.468 e. The average Bonchev–Trinajstić information content (AvgIpc) is 2.61. The number of rotatable bonds is 2. The van der Waals surface area contributed by atoms with E-state index in [4.69, 9.17) is 16.3 Å². The van der Waals surface area contributed by atoms with Crippen LogP contribution in [0.2, 0.25) is 5.02 Å². The number of nitrogens with zero attached hydrogens (tertiary/aromatic N) is 1. The Morgan fingerprint density at radius 1 is 1.21 bits per heavy atom.